The Morgan fingerprint density at radius 1 is 1.47 bits per heavy atom. The first-order chi connectivity index (χ1) is 6.88. The van der Waals surface area contributed by atoms with Gasteiger partial charge in [-0.25, -0.2) is 4.98 Å². The molecule has 0 spiro atoms. The molecule has 0 bridgehead atoms. The van der Waals surface area contributed by atoms with Gasteiger partial charge in [0.25, 0.3) is 0 Å². The number of halogens is 1. The molecule has 0 aliphatic carbocycles. The van der Waals surface area contributed by atoms with Crippen LogP contribution in [0.2, 0.25) is 0 Å². The maximum atomic E-state index is 5.49. The molecule has 3 N–H and O–H groups in total. The van der Waals surface area contributed by atoms with E-state index in [0.717, 1.165) is 22.4 Å². The van der Waals surface area contributed by atoms with Gasteiger partial charge in [0.2, 0.25) is 0 Å². The molecule has 0 saturated heterocycles. The number of aromatic nitrogens is 3. The Hall–Kier alpha value is -0.980. The number of rotatable bonds is 4. The van der Waals surface area contributed by atoms with Crippen molar-refractivity contribution in [2.75, 3.05) is 6.54 Å². The number of nitrogens with two attached hydrogens (primary N) is 1. The van der Waals surface area contributed by atoms with Crippen LogP contribution in [0.3, 0.4) is 0 Å². The molecule has 0 saturated carbocycles. The topological polar surface area (TPSA) is 80.7 Å². The molecule has 82 valence electrons. The van der Waals surface area contributed by atoms with E-state index in [0.29, 0.717) is 6.54 Å². The van der Waals surface area contributed by atoms with Gasteiger partial charge in [0.15, 0.2) is 10.2 Å². The predicted molar refractivity (Wildman–Crippen MR) is 59.2 cm³/mol. The molecule has 7 heteroatoms. The molecule has 15 heavy (non-hydrogen) atoms. The number of hydrogen-bond donors (Lipinski definition) is 2. The highest BCUT2D eigenvalue weighted by Gasteiger charge is 2.04. The van der Waals surface area contributed by atoms with Crippen molar-refractivity contribution < 1.29 is 4.42 Å². The van der Waals surface area contributed by atoms with E-state index >= 15 is 0 Å². The van der Waals surface area contributed by atoms with E-state index in [4.69, 9.17) is 10.2 Å². The summed E-state index contributed by atoms with van der Waals surface area (Å²) in [5, 5.41) is 8.00. The van der Waals surface area contributed by atoms with Gasteiger partial charge in [0.05, 0.1) is 0 Å². The van der Waals surface area contributed by atoms with Crippen molar-refractivity contribution in [2.45, 2.75) is 16.7 Å². The van der Waals surface area contributed by atoms with Crippen molar-refractivity contribution in [3.05, 3.63) is 24.2 Å². The van der Waals surface area contributed by atoms with E-state index in [1.807, 2.05) is 12.1 Å². The summed E-state index contributed by atoms with van der Waals surface area (Å²) in [6.45, 7) is 0.597. The summed E-state index contributed by atoms with van der Waals surface area (Å²) in [7, 11) is 0. The van der Waals surface area contributed by atoms with Crippen LogP contribution in [0.1, 0.15) is 5.76 Å². The SMILES string of the molecule is Cl.NCCc1ccc(Sc2ncn[nH]2)o1. The lowest BCUT2D eigenvalue weighted by Crippen LogP contribution is -2.01. The third-order valence-corrected chi connectivity index (χ3v) is 2.43. The molecular weight excluding hydrogens is 236 g/mol. The molecule has 2 rings (SSSR count). The van der Waals surface area contributed by atoms with Gasteiger partial charge in [0, 0.05) is 6.42 Å². The summed E-state index contributed by atoms with van der Waals surface area (Å²) in [4.78, 5) is 3.98. The third kappa shape index (κ3) is 3.26. The summed E-state index contributed by atoms with van der Waals surface area (Å²) in [5.41, 5.74) is 5.41. The minimum atomic E-state index is 0. The van der Waals surface area contributed by atoms with Crippen LogP contribution in [0.15, 0.2) is 33.1 Å². The van der Waals surface area contributed by atoms with E-state index in [1.54, 1.807) is 0 Å². The smallest absolute Gasteiger partial charge is 0.191 e. The number of nitrogens with one attached hydrogen (secondary N) is 1. The summed E-state index contributed by atoms with van der Waals surface area (Å²) >= 11 is 1.40. The van der Waals surface area contributed by atoms with Crippen LogP contribution in [-0.4, -0.2) is 21.7 Å². The van der Waals surface area contributed by atoms with Crippen molar-refractivity contribution >= 4 is 24.2 Å². The molecule has 0 amide bonds. The molecule has 0 aliphatic rings. The summed E-state index contributed by atoms with van der Waals surface area (Å²) < 4.78 is 5.49. The Morgan fingerprint density at radius 2 is 2.33 bits per heavy atom. The van der Waals surface area contributed by atoms with E-state index in [-0.39, 0.29) is 12.4 Å². The van der Waals surface area contributed by atoms with Crippen molar-refractivity contribution in [1.29, 1.82) is 0 Å². The van der Waals surface area contributed by atoms with Gasteiger partial charge in [0.1, 0.15) is 12.1 Å². The molecule has 0 aliphatic heterocycles. The maximum Gasteiger partial charge on any atom is 0.191 e. The third-order valence-electron chi connectivity index (χ3n) is 1.62. The molecular formula is C8H11ClN4OS. The number of hydrogen-bond acceptors (Lipinski definition) is 5. The van der Waals surface area contributed by atoms with Crippen LogP contribution >= 0.6 is 24.2 Å². The molecule has 2 heterocycles. The fraction of sp³-hybridized carbons (Fsp3) is 0.250. The standard InChI is InChI=1S/C8H10N4OS.ClH/c9-4-3-6-1-2-7(13-6)14-8-10-5-11-12-8;/h1-2,5H,3-4,9H2,(H,10,11,12);1H. The van der Waals surface area contributed by atoms with Crippen molar-refractivity contribution in [3.8, 4) is 0 Å². The number of aromatic amines is 1. The van der Waals surface area contributed by atoms with Crippen molar-refractivity contribution in [1.82, 2.24) is 15.2 Å². The lowest BCUT2D eigenvalue weighted by Gasteiger charge is -1.92. The number of nitrogens with zero attached hydrogens (tertiary/aromatic N) is 2. The van der Waals surface area contributed by atoms with Crippen LogP contribution in [-0.2, 0) is 6.42 Å². The van der Waals surface area contributed by atoms with Gasteiger partial charge in [-0.1, -0.05) is 0 Å². The average Bonchev–Trinajstić information content (AvgIpc) is 2.79. The minimum Gasteiger partial charge on any atom is -0.454 e. The van der Waals surface area contributed by atoms with E-state index in [1.165, 1.54) is 18.1 Å². The van der Waals surface area contributed by atoms with Crippen molar-refractivity contribution in [2.24, 2.45) is 5.73 Å². The van der Waals surface area contributed by atoms with Crippen LogP contribution in [0.4, 0.5) is 0 Å². The fourth-order valence-electron chi connectivity index (χ4n) is 1.03. The largest absolute Gasteiger partial charge is 0.454 e. The van der Waals surface area contributed by atoms with Crippen LogP contribution in [0.5, 0.6) is 0 Å². The van der Waals surface area contributed by atoms with Crippen LogP contribution in [0.25, 0.3) is 0 Å². The summed E-state index contributed by atoms with van der Waals surface area (Å²) in [5.74, 6) is 0.898. The zero-order chi connectivity index (χ0) is 9.80. The second-order valence-corrected chi connectivity index (χ2v) is 3.65. The van der Waals surface area contributed by atoms with E-state index < -0.39 is 0 Å². The highest BCUT2D eigenvalue weighted by Crippen LogP contribution is 2.25. The second kappa shape index (κ2) is 5.79. The zero-order valence-corrected chi connectivity index (χ0v) is 9.48. The van der Waals surface area contributed by atoms with Gasteiger partial charge in [-0.05, 0) is 30.4 Å². The Labute approximate surface area is 97.2 Å². The average molecular weight is 247 g/mol. The molecule has 0 aromatic carbocycles. The van der Waals surface area contributed by atoms with E-state index in [2.05, 4.69) is 15.2 Å². The highest BCUT2D eigenvalue weighted by atomic mass is 35.5. The normalized spacial score (nSPS) is 9.93. The Kier molecular flexibility index (Phi) is 4.67. The number of H-pyrrole nitrogens is 1. The van der Waals surface area contributed by atoms with Gasteiger partial charge in [-0.2, -0.15) is 5.10 Å². The molecule has 5 nitrogen and oxygen atoms in total. The molecule has 0 fully saturated rings. The highest BCUT2D eigenvalue weighted by molar-refractivity contribution is 7.99. The second-order valence-electron chi connectivity index (χ2n) is 2.65. The quantitative estimate of drug-likeness (QED) is 0.854. The molecule has 2 aromatic rings. The molecule has 0 atom stereocenters. The molecule has 0 unspecified atom stereocenters. The van der Waals surface area contributed by atoms with E-state index in [9.17, 15) is 0 Å². The summed E-state index contributed by atoms with van der Waals surface area (Å²) in [6.07, 6.45) is 2.23. The van der Waals surface area contributed by atoms with Gasteiger partial charge in [-0.15, -0.1) is 12.4 Å². The lowest BCUT2D eigenvalue weighted by molar-refractivity contribution is 0.432. The van der Waals surface area contributed by atoms with Crippen LogP contribution in [0, 0.1) is 0 Å². The molecule has 0 radical (unpaired) electrons. The Morgan fingerprint density at radius 3 is 3.00 bits per heavy atom. The maximum absolute atomic E-state index is 5.49. The fourth-order valence-corrected chi connectivity index (χ4v) is 1.70. The first kappa shape index (κ1) is 12.1. The van der Waals surface area contributed by atoms with Gasteiger partial charge >= 0.3 is 0 Å². The predicted octanol–water partition coefficient (Wildman–Crippen LogP) is 1.47. The zero-order valence-electron chi connectivity index (χ0n) is 7.84. The monoisotopic (exact) mass is 246 g/mol. The molecule has 2 aromatic heterocycles. The minimum absolute atomic E-state index is 0. The van der Waals surface area contributed by atoms with Crippen LogP contribution < -0.4 is 5.73 Å². The van der Waals surface area contributed by atoms with Gasteiger partial charge in [-0.3, -0.25) is 5.10 Å². The summed E-state index contributed by atoms with van der Waals surface area (Å²) in [6, 6.07) is 3.82. The Balaban J connectivity index is 0.00000112. The van der Waals surface area contributed by atoms with Gasteiger partial charge < -0.3 is 10.2 Å². The van der Waals surface area contributed by atoms with Crippen molar-refractivity contribution in [3.63, 3.8) is 0 Å². The first-order valence-electron chi connectivity index (χ1n) is 4.20. The first-order valence-corrected chi connectivity index (χ1v) is 5.02. The Bertz CT molecular complexity index is 389. The lowest BCUT2D eigenvalue weighted by atomic mass is 10.3. The number of furan rings is 1.